The minimum Gasteiger partial charge on any atom is -0.296 e. The number of nitrogens with zero attached hydrogens (tertiary/aromatic N) is 9. The van der Waals surface area contributed by atoms with Gasteiger partial charge in [0.25, 0.3) is 0 Å². The predicted molar refractivity (Wildman–Crippen MR) is 572 cm³/mol. The van der Waals surface area contributed by atoms with Gasteiger partial charge in [0.15, 0.2) is 0 Å². The molecule has 9 aromatic heterocycles. The first-order chi connectivity index (χ1) is 67.6. The van der Waals surface area contributed by atoms with E-state index in [2.05, 4.69) is 366 Å². The molecule has 9 nitrogen and oxygen atoms in total. The van der Waals surface area contributed by atoms with Gasteiger partial charge >= 0.3 is 0 Å². The summed E-state index contributed by atoms with van der Waals surface area (Å²) < 4.78 is 3.64. The van der Waals surface area contributed by atoms with Gasteiger partial charge in [0.05, 0.1) is 44.8 Å². The molecule has 0 fully saturated rings. The van der Waals surface area contributed by atoms with E-state index in [1.807, 2.05) is 128 Å². The van der Waals surface area contributed by atoms with Crippen LogP contribution in [-0.2, 0) is 76.6 Å². The zero-order valence-electron chi connectivity index (χ0n) is 77.6. The summed E-state index contributed by atoms with van der Waals surface area (Å²) in [5.41, 5.74) is 39.2. The molecular weight excluding hydrogens is 2310 g/mol. The van der Waals surface area contributed by atoms with Gasteiger partial charge in [-0.25, -0.2) is 0 Å². The molecule has 27 rings (SSSR count). The van der Waals surface area contributed by atoms with E-state index in [1.165, 1.54) is 114 Å². The van der Waals surface area contributed by atoms with Crippen LogP contribution in [0.5, 0.6) is 0 Å². The Kier molecular flexibility index (Phi) is 28.2. The number of pyridine rings is 6. The first-order valence-corrected chi connectivity index (χ1v) is 48.5. The van der Waals surface area contributed by atoms with E-state index in [-0.39, 0.29) is 76.6 Å². The van der Waals surface area contributed by atoms with E-state index in [4.69, 9.17) is 29.9 Å². The summed E-state index contributed by atoms with van der Waals surface area (Å²) >= 11 is 5.14. The van der Waals surface area contributed by atoms with Gasteiger partial charge < -0.3 is 0 Å². The third kappa shape index (κ3) is 19.6. The number of aromatic nitrogens is 9. The maximum atomic E-state index is 4.79. The summed E-state index contributed by atoms with van der Waals surface area (Å²) in [5.74, 6) is 0. The van der Waals surface area contributed by atoms with Gasteiger partial charge in [-0.05, 0) is 150 Å². The van der Waals surface area contributed by atoms with Crippen LogP contribution in [0.25, 0.3) is 196 Å². The van der Waals surface area contributed by atoms with Crippen molar-refractivity contribution in [2.45, 2.75) is 57.8 Å². The van der Waals surface area contributed by atoms with E-state index in [1.54, 1.807) is 52.6 Å². The third-order valence-corrected chi connectivity index (χ3v) is 29.3. The second kappa shape index (κ2) is 41.6. The van der Waals surface area contributed by atoms with Crippen molar-refractivity contribution in [1.29, 1.82) is 0 Å². The molecule has 3 radical (unpaired) electrons. The molecule has 0 saturated heterocycles. The van der Waals surface area contributed by atoms with Crippen LogP contribution in [0.4, 0.5) is 0 Å². The molecule has 0 saturated carbocycles. The third-order valence-electron chi connectivity index (χ3n) is 26.1. The number of benzene rings is 15. The maximum Gasteiger partial charge on any atom is 0.0869 e. The Morgan fingerprint density at radius 1 is 0.220 bits per heavy atom. The molecular formula is C126H87Ir3N9S3-6. The Hall–Kier alpha value is -14.4. The fraction of sp³-hybridized carbons (Fsp3) is 0.0714. The number of fused-ring (bicyclic) bond motifs is 15. The monoisotopic (exact) mass is 2400 g/mol. The number of rotatable bonds is 9. The molecule has 0 bridgehead atoms. The van der Waals surface area contributed by atoms with Gasteiger partial charge in [-0.15, -0.1) is 194 Å². The van der Waals surface area contributed by atoms with Gasteiger partial charge in [0.2, 0.25) is 0 Å². The summed E-state index contributed by atoms with van der Waals surface area (Å²) in [4.78, 5) is 41.1. The van der Waals surface area contributed by atoms with Gasteiger partial charge in [0.1, 0.15) is 0 Å². The largest absolute Gasteiger partial charge is 0.296 e. The van der Waals surface area contributed by atoms with Crippen molar-refractivity contribution >= 4 is 97.5 Å². The number of thiazole rings is 3. The van der Waals surface area contributed by atoms with Crippen LogP contribution in [0.1, 0.15) is 74.9 Å². The van der Waals surface area contributed by atoms with Crippen LogP contribution in [-0.4, -0.2) is 44.9 Å². The first kappa shape index (κ1) is 95.5. The summed E-state index contributed by atoms with van der Waals surface area (Å²) in [6.07, 6.45) is 9.03. The molecule has 0 unspecified atom stereocenters. The van der Waals surface area contributed by atoms with Crippen molar-refractivity contribution in [2.75, 3.05) is 0 Å². The zero-order chi connectivity index (χ0) is 93.3. The van der Waals surface area contributed by atoms with E-state index in [0.717, 1.165) is 115 Å². The molecule has 15 heteroatoms. The molecule has 0 spiro atoms. The van der Waals surface area contributed by atoms with E-state index in [9.17, 15) is 0 Å². The van der Waals surface area contributed by atoms with E-state index >= 15 is 0 Å². The van der Waals surface area contributed by atoms with Gasteiger partial charge in [-0.3, -0.25) is 44.9 Å². The Morgan fingerprint density at radius 2 is 0.560 bits per heavy atom. The van der Waals surface area contributed by atoms with Crippen molar-refractivity contribution in [2.24, 2.45) is 0 Å². The topological polar surface area (TPSA) is 116 Å². The van der Waals surface area contributed by atoms with Gasteiger partial charge in [0, 0.05) is 125 Å². The summed E-state index contributed by atoms with van der Waals surface area (Å²) in [6, 6.07) is 154. The molecule has 15 aromatic carbocycles. The molecule has 0 amide bonds. The molecule has 9 heterocycles. The zero-order valence-corrected chi connectivity index (χ0v) is 87.2. The molecule has 24 aromatic rings. The van der Waals surface area contributed by atoms with E-state index < -0.39 is 0 Å². The average molecular weight is 2400 g/mol. The second-order valence-corrected chi connectivity index (χ2v) is 38.9. The summed E-state index contributed by atoms with van der Waals surface area (Å²) in [5, 5.41) is 5.22. The van der Waals surface area contributed by atoms with Crippen LogP contribution in [0.15, 0.2) is 419 Å². The summed E-state index contributed by atoms with van der Waals surface area (Å²) in [7, 11) is 0. The van der Waals surface area contributed by atoms with E-state index in [0.29, 0.717) is 0 Å². The van der Waals surface area contributed by atoms with Crippen LogP contribution >= 0.6 is 34.0 Å². The Balaban J connectivity index is 0.000000107. The number of para-hydroxylation sites is 3. The predicted octanol–water partition coefficient (Wildman–Crippen LogP) is 32.5. The van der Waals surface area contributed by atoms with Crippen LogP contribution < -0.4 is 0 Å². The van der Waals surface area contributed by atoms with Crippen LogP contribution in [0.2, 0.25) is 0 Å². The second-order valence-electron chi connectivity index (χ2n) is 35.8. The fourth-order valence-corrected chi connectivity index (χ4v) is 21.7. The van der Waals surface area contributed by atoms with Gasteiger partial charge in [-0.2, -0.15) is 34.0 Å². The number of hydrogen-bond acceptors (Lipinski definition) is 12. The molecule has 687 valence electrons. The number of hydrogen-bond donors (Lipinski definition) is 0. The smallest absolute Gasteiger partial charge is 0.0869 e. The molecule has 3 aliphatic carbocycles. The fourth-order valence-electron chi connectivity index (χ4n) is 18.9. The minimum absolute atomic E-state index is 0. The molecule has 141 heavy (non-hydrogen) atoms. The van der Waals surface area contributed by atoms with Crippen LogP contribution in [0.3, 0.4) is 0 Å². The molecule has 0 aliphatic heterocycles. The van der Waals surface area contributed by atoms with Crippen LogP contribution in [0, 0.1) is 36.4 Å². The van der Waals surface area contributed by atoms with Crippen molar-refractivity contribution in [3.8, 4) is 132 Å². The summed E-state index contributed by atoms with van der Waals surface area (Å²) in [6.45, 7) is 13.7. The molecule has 3 aliphatic rings. The SMILES string of the molecule is CC1(C)c2c[c-]c(-c3ccc4ccncc4n3)cc2-c2ccccc21.CC1(C)c2c[c-]c(-c3ccc4cnccc4n3)cc2-c2ccccc21.CC1(C)c2c[c-]c(-c3ccc4ncccc4n3)cc2-c2ccccc21.[Ir].[Ir].[Ir].[c-]1ccc(-c2ccccc2)cc1-c1nc2ccccc2s1.[c-]1ccc(-c2ccccc2)cc1-c1nc2ccccc2s1.[c-]1ccc(-c2ccccc2)cc1-c1nc2ccccc2s1. The Labute approximate surface area is 873 Å². The van der Waals surface area contributed by atoms with Crippen molar-refractivity contribution in [1.82, 2.24) is 44.9 Å². The Morgan fingerprint density at radius 3 is 0.972 bits per heavy atom. The molecule has 0 N–H and O–H groups in total. The maximum absolute atomic E-state index is 4.79. The standard InChI is InChI=1S/3C23H17N2.3C19H12NS.3Ir/c1-23(2)18-7-4-3-6-16(18)17-14-15(9-10-19(17)23)20-11-12-21-22(25-20)8-5-13-24-21;1-23(2)19-6-4-3-5-17(19)18-13-16(7-9-20(18)23)21-10-8-15-11-12-24-14-22(15)25-21;1-23(2)19-6-4-3-5-17(19)18-13-15(7-9-20(18)23)21-10-8-16-14-24-12-11-22(16)25-21;3*1-2-7-14(8-3-1)15-9-6-10-16(13-15)19-20-17-11-4-5-12-18(17)21-19;;;/h3-8,10-14H,1-2H3;2*3-6,8-14H,1-2H3;3*1-9,11-13H;;;/q6*-1;;;. The van der Waals surface area contributed by atoms with Crippen molar-refractivity contribution in [3.05, 3.63) is 489 Å². The normalized spacial score (nSPS) is 12.5. The first-order valence-electron chi connectivity index (χ1n) is 46.1. The average Bonchev–Trinajstić information content (AvgIpc) is 1.59. The quantitative estimate of drug-likeness (QED) is 0.130. The van der Waals surface area contributed by atoms with Crippen molar-refractivity contribution < 1.29 is 60.3 Å². The Bertz CT molecular complexity index is 7780. The van der Waals surface area contributed by atoms with Crippen molar-refractivity contribution in [3.63, 3.8) is 0 Å². The molecule has 0 atom stereocenters. The van der Waals surface area contributed by atoms with Gasteiger partial charge in [-0.1, -0.05) is 289 Å². The minimum atomic E-state index is 0.